The number of nitrogens with zero attached hydrogens (tertiary/aromatic N) is 1. The number of rotatable bonds is 5. The molecular weight excluding hydrogens is 312 g/mol. The summed E-state index contributed by atoms with van der Waals surface area (Å²) in [7, 11) is 0. The molecule has 0 spiro atoms. The van der Waals surface area contributed by atoms with E-state index in [4.69, 9.17) is 11.6 Å². The molecule has 0 radical (unpaired) electrons. The van der Waals surface area contributed by atoms with Crippen molar-refractivity contribution < 1.29 is 9.59 Å². The van der Waals surface area contributed by atoms with E-state index >= 15 is 0 Å². The highest BCUT2D eigenvalue weighted by atomic mass is 35.5. The van der Waals surface area contributed by atoms with Gasteiger partial charge in [0.1, 0.15) is 0 Å². The molecule has 23 heavy (non-hydrogen) atoms. The van der Waals surface area contributed by atoms with Crippen LogP contribution in [0.15, 0.2) is 48.5 Å². The van der Waals surface area contributed by atoms with Crippen molar-refractivity contribution in [1.29, 1.82) is 0 Å². The van der Waals surface area contributed by atoms with Crippen LogP contribution >= 0.6 is 11.6 Å². The lowest BCUT2D eigenvalue weighted by Crippen LogP contribution is -2.32. The first-order chi connectivity index (χ1) is 11.0. The number of para-hydroxylation sites is 1. The van der Waals surface area contributed by atoms with Crippen LogP contribution in [-0.2, 0) is 9.59 Å². The van der Waals surface area contributed by atoms with Gasteiger partial charge in [0.2, 0.25) is 11.8 Å². The van der Waals surface area contributed by atoms with Crippen LogP contribution in [0.5, 0.6) is 0 Å². The second-order valence-electron chi connectivity index (χ2n) is 5.27. The van der Waals surface area contributed by atoms with Crippen molar-refractivity contribution in [3.05, 3.63) is 59.1 Å². The van der Waals surface area contributed by atoms with Crippen molar-refractivity contribution in [2.75, 3.05) is 16.8 Å². The van der Waals surface area contributed by atoms with E-state index in [0.717, 1.165) is 11.3 Å². The molecule has 2 aromatic rings. The molecule has 0 aromatic heterocycles. The van der Waals surface area contributed by atoms with E-state index in [-0.39, 0.29) is 18.2 Å². The molecule has 0 bridgehead atoms. The molecule has 2 aromatic carbocycles. The maximum absolute atomic E-state index is 12.1. The number of hydrogen-bond donors (Lipinski definition) is 1. The Kier molecular flexibility index (Phi) is 5.77. The lowest BCUT2D eigenvalue weighted by molar-refractivity contribution is -0.117. The fourth-order valence-electron chi connectivity index (χ4n) is 2.32. The number of nitrogens with one attached hydrogen (secondary N) is 1. The highest BCUT2D eigenvalue weighted by Crippen LogP contribution is 2.20. The number of carbonyl (C=O) groups excluding carboxylic acids is 2. The molecule has 0 aliphatic heterocycles. The van der Waals surface area contributed by atoms with Gasteiger partial charge in [0.25, 0.3) is 0 Å². The second-order valence-corrected chi connectivity index (χ2v) is 5.70. The van der Waals surface area contributed by atoms with Gasteiger partial charge in [0.05, 0.1) is 0 Å². The minimum Gasteiger partial charge on any atom is -0.326 e. The minimum absolute atomic E-state index is 0.0881. The van der Waals surface area contributed by atoms with Crippen molar-refractivity contribution in [1.82, 2.24) is 0 Å². The van der Waals surface area contributed by atoms with Crippen LogP contribution in [-0.4, -0.2) is 18.4 Å². The third-order valence-corrected chi connectivity index (χ3v) is 3.69. The van der Waals surface area contributed by atoms with E-state index in [1.165, 1.54) is 6.92 Å². The van der Waals surface area contributed by atoms with Gasteiger partial charge in [-0.2, -0.15) is 0 Å². The van der Waals surface area contributed by atoms with Gasteiger partial charge in [0.15, 0.2) is 0 Å². The van der Waals surface area contributed by atoms with Crippen LogP contribution in [0.3, 0.4) is 0 Å². The lowest BCUT2D eigenvalue weighted by atomic mass is 10.1. The summed E-state index contributed by atoms with van der Waals surface area (Å²) in [6, 6.07) is 14.6. The maximum Gasteiger partial charge on any atom is 0.226 e. The molecule has 120 valence electrons. The molecule has 0 fully saturated rings. The fraction of sp³-hybridized carbons (Fsp3) is 0.222. The van der Waals surface area contributed by atoms with Crippen LogP contribution in [0.4, 0.5) is 11.4 Å². The summed E-state index contributed by atoms with van der Waals surface area (Å²) in [5, 5.41) is 3.34. The number of amides is 2. The summed E-state index contributed by atoms with van der Waals surface area (Å²) in [5.41, 5.74) is 2.47. The Morgan fingerprint density at radius 3 is 2.52 bits per heavy atom. The zero-order chi connectivity index (χ0) is 16.8. The average molecular weight is 331 g/mol. The van der Waals surface area contributed by atoms with Gasteiger partial charge in [-0.25, -0.2) is 0 Å². The first kappa shape index (κ1) is 17.0. The topological polar surface area (TPSA) is 49.4 Å². The van der Waals surface area contributed by atoms with Gasteiger partial charge in [0, 0.05) is 36.3 Å². The summed E-state index contributed by atoms with van der Waals surface area (Å²) < 4.78 is 0. The molecule has 0 atom stereocenters. The molecule has 4 nitrogen and oxygen atoms in total. The van der Waals surface area contributed by atoms with Gasteiger partial charge < -0.3 is 10.2 Å². The van der Waals surface area contributed by atoms with Crippen LogP contribution in [0.25, 0.3) is 0 Å². The Balaban J connectivity index is 2.00. The van der Waals surface area contributed by atoms with Crippen molar-refractivity contribution in [2.45, 2.75) is 20.3 Å². The van der Waals surface area contributed by atoms with Crippen LogP contribution in [0, 0.1) is 6.92 Å². The second kappa shape index (κ2) is 7.79. The van der Waals surface area contributed by atoms with Crippen molar-refractivity contribution in [3.63, 3.8) is 0 Å². The molecule has 0 saturated heterocycles. The third kappa shape index (κ3) is 4.83. The standard InChI is InChI=1S/C18H19ClN2O2/c1-13-6-3-4-9-17(13)21(14(2)22)11-10-18(23)20-16-8-5-7-15(19)12-16/h3-9,12H,10-11H2,1-2H3,(H,20,23). The Morgan fingerprint density at radius 1 is 1.13 bits per heavy atom. The first-order valence-corrected chi connectivity index (χ1v) is 7.74. The molecule has 0 aliphatic carbocycles. The fourth-order valence-corrected chi connectivity index (χ4v) is 2.51. The number of aryl methyl sites for hydroxylation is 1. The largest absolute Gasteiger partial charge is 0.326 e. The monoisotopic (exact) mass is 330 g/mol. The SMILES string of the molecule is CC(=O)N(CCC(=O)Nc1cccc(Cl)c1)c1ccccc1C. The predicted octanol–water partition coefficient (Wildman–Crippen LogP) is 4.03. The van der Waals surface area contributed by atoms with E-state index in [9.17, 15) is 9.59 Å². The number of anilines is 2. The van der Waals surface area contributed by atoms with Crippen molar-refractivity contribution in [2.24, 2.45) is 0 Å². The molecule has 2 rings (SSSR count). The quantitative estimate of drug-likeness (QED) is 0.899. The number of carbonyl (C=O) groups is 2. The molecule has 0 heterocycles. The average Bonchev–Trinajstić information content (AvgIpc) is 2.49. The predicted molar refractivity (Wildman–Crippen MR) is 93.9 cm³/mol. The number of benzene rings is 2. The number of hydrogen-bond acceptors (Lipinski definition) is 2. The van der Waals surface area contributed by atoms with Crippen molar-refractivity contribution in [3.8, 4) is 0 Å². The normalized spacial score (nSPS) is 10.2. The molecular formula is C18H19ClN2O2. The third-order valence-electron chi connectivity index (χ3n) is 3.46. The van der Waals surface area contributed by atoms with Gasteiger partial charge in [-0.1, -0.05) is 35.9 Å². The highest BCUT2D eigenvalue weighted by Gasteiger charge is 2.15. The molecule has 5 heteroatoms. The molecule has 2 amide bonds. The van der Waals surface area contributed by atoms with Crippen LogP contribution in [0.1, 0.15) is 18.9 Å². The van der Waals surface area contributed by atoms with Gasteiger partial charge in [-0.15, -0.1) is 0 Å². The minimum atomic E-state index is -0.160. The first-order valence-electron chi connectivity index (χ1n) is 7.36. The summed E-state index contributed by atoms with van der Waals surface area (Å²) in [5.74, 6) is -0.248. The van der Waals surface area contributed by atoms with E-state index in [1.54, 1.807) is 29.2 Å². The van der Waals surface area contributed by atoms with E-state index < -0.39 is 0 Å². The molecule has 0 saturated carbocycles. The molecule has 1 N–H and O–H groups in total. The van der Waals surface area contributed by atoms with E-state index in [2.05, 4.69) is 5.32 Å². The lowest BCUT2D eigenvalue weighted by Gasteiger charge is -2.22. The van der Waals surface area contributed by atoms with E-state index in [0.29, 0.717) is 17.3 Å². The summed E-state index contributed by atoms with van der Waals surface area (Å²) >= 11 is 5.89. The number of halogens is 1. The Labute approximate surface area is 141 Å². The Morgan fingerprint density at radius 2 is 1.87 bits per heavy atom. The molecule has 0 aliphatic rings. The zero-order valence-corrected chi connectivity index (χ0v) is 13.9. The van der Waals surface area contributed by atoms with Gasteiger partial charge >= 0.3 is 0 Å². The smallest absolute Gasteiger partial charge is 0.226 e. The van der Waals surface area contributed by atoms with Crippen LogP contribution in [0.2, 0.25) is 5.02 Å². The highest BCUT2D eigenvalue weighted by molar-refractivity contribution is 6.30. The molecule has 0 unspecified atom stereocenters. The van der Waals surface area contributed by atoms with Crippen molar-refractivity contribution >= 4 is 34.8 Å². The van der Waals surface area contributed by atoms with E-state index in [1.807, 2.05) is 31.2 Å². The van der Waals surface area contributed by atoms with Crippen LogP contribution < -0.4 is 10.2 Å². The summed E-state index contributed by atoms with van der Waals surface area (Å²) in [6.45, 7) is 3.77. The Hall–Kier alpha value is -2.33. The zero-order valence-electron chi connectivity index (χ0n) is 13.2. The van der Waals surface area contributed by atoms with Gasteiger partial charge in [-0.05, 0) is 36.8 Å². The maximum atomic E-state index is 12.1. The van der Waals surface area contributed by atoms with Gasteiger partial charge in [-0.3, -0.25) is 9.59 Å². The Bertz CT molecular complexity index is 716. The summed E-state index contributed by atoms with van der Waals surface area (Å²) in [6.07, 6.45) is 0.209. The summed E-state index contributed by atoms with van der Waals surface area (Å²) in [4.78, 5) is 25.6.